The van der Waals surface area contributed by atoms with Gasteiger partial charge in [-0.1, -0.05) is 36.7 Å². The van der Waals surface area contributed by atoms with E-state index in [1.807, 2.05) is 22.5 Å². The second-order valence-corrected chi connectivity index (χ2v) is 9.89. The molecule has 2 aliphatic rings. The zero-order valence-corrected chi connectivity index (χ0v) is 18.5. The molecule has 29 heavy (non-hydrogen) atoms. The Morgan fingerprint density at radius 2 is 2.07 bits per heavy atom. The molecule has 0 bridgehead atoms. The van der Waals surface area contributed by atoms with Gasteiger partial charge in [-0.05, 0) is 47.4 Å². The average molecular weight is 433 g/mol. The van der Waals surface area contributed by atoms with Gasteiger partial charge in [0.05, 0.1) is 11.8 Å². The number of rotatable bonds is 7. The Morgan fingerprint density at radius 1 is 1.28 bits per heavy atom. The minimum absolute atomic E-state index is 0.0279. The van der Waals surface area contributed by atoms with Crippen LogP contribution in [0.3, 0.4) is 0 Å². The van der Waals surface area contributed by atoms with Crippen LogP contribution in [0.5, 0.6) is 0 Å². The first-order chi connectivity index (χ1) is 14.2. The largest absolute Gasteiger partial charge is 0.325 e. The molecule has 2 aromatic rings. The van der Waals surface area contributed by atoms with Crippen LogP contribution in [-0.4, -0.2) is 61.4 Å². The van der Waals surface area contributed by atoms with Gasteiger partial charge in [0.25, 0.3) is 0 Å². The zero-order valence-electron chi connectivity index (χ0n) is 16.8. The molecule has 1 amide bonds. The molecule has 1 saturated heterocycles. The first-order valence-corrected chi connectivity index (χ1v) is 12.4. The maximum atomic E-state index is 12.5. The number of hydrogen-bond acceptors (Lipinski definition) is 7. The van der Waals surface area contributed by atoms with Crippen LogP contribution in [0, 0.1) is 6.92 Å². The van der Waals surface area contributed by atoms with Crippen LogP contribution in [0.15, 0.2) is 23.4 Å². The molecule has 156 valence electrons. The molecule has 9 heteroatoms. The third kappa shape index (κ3) is 5.52. The number of thioether (sulfide) groups is 2. The average Bonchev–Trinajstić information content (AvgIpc) is 3.41. The van der Waals surface area contributed by atoms with Crippen molar-refractivity contribution in [3.63, 3.8) is 0 Å². The summed E-state index contributed by atoms with van der Waals surface area (Å²) in [7, 11) is 0. The number of anilines is 1. The first kappa shape index (κ1) is 20.7. The number of aryl methyl sites for hydroxylation is 1. The number of carbonyl (C=O) groups excluding carboxylic acids is 1. The van der Waals surface area contributed by atoms with Gasteiger partial charge in [0, 0.05) is 36.8 Å². The maximum absolute atomic E-state index is 12.5. The number of carbonyl (C=O) groups is 1. The fourth-order valence-electron chi connectivity index (χ4n) is 3.96. The van der Waals surface area contributed by atoms with Crippen molar-refractivity contribution in [3.05, 3.63) is 29.3 Å². The topological polar surface area (TPSA) is 75.9 Å². The van der Waals surface area contributed by atoms with Crippen molar-refractivity contribution in [1.29, 1.82) is 0 Å². The van der Waals surface area contributed by atoms with Crippen LogP contribution in [0.2, 0.25) is 0 Å². The Hall–Kier alpha value is -1.58. The highest BCUT2D eigenvalue weighted by Gasteiger charge is 2.22. The first-order valence-electron chi connectivity index (χ1n) is 10.3. The van der Waals surface area contributed by atoms with Crippen molar-refractivity contribution in [2.45, 2.75) is 50.4 Å². The van der Waals surface area contributed by atoms with Crippen LogP contribution in [-0.2, 0) is 11.3 Å². The van der Waals surface area contributed by atoms with Gasteiger partial charge in [-0.2, -0.15) is 11.8 Å². The van der Waals surface area contributed by atoms with Crippen molar-refractivity contribution < 1.29 is 4.79 Å². The second-order valence-electron chi connectivity index (χ2n) is 7.72. The van der Waals surface area contributed by atoms with Gasteiger partial charge in [-0.3, -0.25) is 9.69 Å². The Kier molecular flexibility index (Phi) is 7.10. The van der Waals surface area contributed by atoms with Gasteiger partial charge in [0.1, 0.15) is 0 Å². The van der Waals surface area contributed by atoms with E-state index in [-0.39, 0.29) is 5.91 Å². The number of benzene rings is 1. The van der Waals surface area contributed by atoms with Crippen molar-refractivity contribution in [2.75, 3.05) is 35.7 Å². The van der Waals surface area contributed by atoms with Crippen molar-refractivity contribution >= 4 is 35.1 Å². The lowest BCUT2D eigenvalue weighted by Gasteiger charge is -2.26. The summed E-state index contributed by atoms with van der Waals surface area (Å²) < 4.78 is 1.89. The fourth-order valence-corrected chi connectivity index (χ4v) is 5.68. The molecule has 0 radical (unpaired) electrons. The van der Waals surface area contributed by atoms with Crippen LogP contribution in [0.1, 0.15) is 42.9 Å². The number of amides is 1. The molecule has 0 spiro atoms. The molecule has 4 rings (SSSR count). The van der Waals surface area contributed by atoms with E-state index in [1.54, 1.807) is 0 Å². The molecule has 0 atom stereocenters. The summed E-state index contributed by atoms with van der Waals surface area (Å²) in [6.07, 6.45) is 4.68. The molecule has 1 aliphatic carbocycles. The molecule has 0 unspecified atom stereocenters. The lowest BCUT2D eigenvalue weighted by atomic mass is 10.1. The predicted molar refractivity (Wildman–Crippen MR) is 118 cm³/mol. The molecule has 1 aliphatic heterocycles. The number of tetrazole rings is 1. The summed E-state index contributed by atoms with van der Waals surface area (Å²) >= 11 is 3.43. The summed E-state index contributed by atoms with van der Waals surface area (Å²) in [6, 6.07) is 6.71. The minimum Gasteiger partial charge on any atom is -0.325 e. The highest BCUT2D eigenvalue weighted by atomic mass is 32.2. The summed E-state index contributed by atoms with van der Waals surface area (Å²) in [5.74, 6) is 2.71. The van der Waals surface area contributed by atoms with E-state index in [4.69, 9.17) is 0 Å². The lowest BCUT2D eigenvalue weighted by molar-refractivity contribution is -0.113. The Bertz CT molecular complexity index is 830. The van der Waals surface area contributed by atoms with Gasteiger partial charge < -0.3 is 5.32 Å². The highest BCUT2D eigenvalue weighted by molar-refractivity contribution is 7.99. The normalized spacial score (nSPS) is 18.2. The number of aromatic nitrogens is 4. The van der Waals surface area contributed by atoms with E-state index in [2.05, 4.69) is 44.8 Å². The van der Waals surface area contributed by atoms with Crippen LogP contribution in [0.4, 0.5) is 5.69 Å². The predicted octanol–water partition coefficient (Wildman–Crippen LogP) is 3.38. The van der Waals surface area contributed by atoms with Crippen molar-refractivity contribution in [2.24, 2.45) is 0 Å². The zero-order chi connectivity index (χ0) is 20.1. The van der Waals surface area contributed by atoms with Gasteiger partial charge in [-0.25, -0.2) is 4.68 Å². The third-order valence-corrected chi connectivity index (χ3v) is 7.42. The van der Waals surface area contributed by atoms with Gasteiger partial charge in [0.2, 0.25) is 11.1 Å². The molecule has 1 aromatic heterocycles. The second kappa shape index (κ2) is 9.95. The van der Waals surface area contributed by atoms with E-state index in [9.17, 15) is 4.79 Å². The summed E-state index contributed by atoms with van der Waals surface area (Å²) in [5, 5.41) is 15.8. The van der Waals surface area contributed by atoms with Crippen LogP contribution < -0.4 is 5.32 Å². The number of nitrogens with zero attached hydrogens (tertiary/aromatic N) is 5. The monoisotopic (exact) mass is 432 g/mol. The molecule has 2 fully saturated rings. The minimum atomic E-state index is -0.0279. The van der Waals surface area contributed by atoms with Gasteiger partial charge >= 0.3 is 0 Å². The Labute approximate surface area is 180 Å². The Morgan fingerprint density at radius 3 is 2.83 bits per heavy atom. The number of hydrogen-bond donors (Lipinski definition) is 1. The van der Waals surface area contributed by atoms with E-state index in [0.717, 1.165) is 48.9 Å². The lowest BCUT2D eigenvalue weighted by Crippen LogP contribution is -2.31. The summed E-state index contributed by atoms with van der Waals surface area (Å²) in [4.78, 5) is 15.0. The Balaban J connectivity index is 1.30. The van der Waals surface area contributed by atoms with E-state index < -0.39 is 0 Å². The van der Waals surface area contributed by atoms with Crippen LogP contribution in [0.25, 0.3) is 0 Å². The molecule has 7 nitrogen and oxygen atoms in total. The number of nitrogens with one attached hydrogen (secondary N) is 1. The van der Waals surface area contributed by atoms with Crippen molar-refractivity contribution in [3.8, 4) is 0 Å². The molecular formula is C20H28N6OS2. The van der Waals surface area contributed by atoms with Gasteiger partial charge in [-0.15, -0.1) is 5.10 Å². The van der Waals surface area contributed by atoms with Crippen LogP contribution >= 0.6 is 23.5 Å². The maximum Gasteiger partial charge on any atom is 0.234 e. The molecule has 1 aromatic carbocycles. The molecule has 1 saturated carbocycles. The molecule has 2 heterocycles. The standard InChI is InChI=1S/C20H28N6OS2/c1-15-12-16(13-25-8-10-28-11-9-25)6-7-18(15)21-19(27)14-29-20-22-23-24-26(20)17-4-2-3-5-17/h6-7,12,17H,2-5,8-11,13-14H2,1H3,(H,21,27). The van der Waals surface area contributed by atoms with E-state index >= 15 is 0 Å². The quantitative estimate of drug-likeness (QED) is 0.672. The fraction of sp³-hybridized carbons (Fsp3) is 0.600. The van der Waals surface area contributed by atoms with E-state index in [0.29, 0.717) is 11.8 Å². The molecular weight excluding hydrogens is 404 g/mol. The SMILES string of the molecule is Cc1cc(CN2CCSCC2)ccc1NC(=O)CSc1nnnn1C1CCCC1. The summed E-state index contributed by atoms with van der Waals surface area (Å²) in [6.45, 7) is 5.34. The smallest absolute Gasteiger partial charge is 0.234 e. The molecule has 1 N–H and O–H groups in total. The summed E-state index contributed by atoms with van der Waals surface area (Å²) in [5.41, 5.74) is 3.28. The highest BCUT2D eigenvalue weighted by Crippen LogP contribution is 2.31. The van der Waals surface area contributed by atoms with Gasteiger partial charge in [0.15, 0.2) is 0 Å². The third-order valence-electron chi connectivity index (χ3n) is 5.54. The van der Waals surface area contributed by atoms with E-state index in [1.165, 1.54) is 41.7 Å². The van der Waals surface area contributed by atoms with Crippen molar-refractivity contribution in [1.82, 2.24) is 25.1 Å².